The van der Waals surface area contributed by atoms with Gasteiger partial charge in [0.15, 0.2) is 0 Å². The largest absolute Gasteiger partial charge is 0.462 e. The van der Waals surface area contributed by atoms with Crippen LogP contribution in [0.2, 0.25) is 0 Å². The summed E-state index contributed by atoms with van der Waals surface area (Å²) in [5.74, 6) is -1.48. The lowest BCUT2D eigenvalue weighted by molar-refractivity contribution is -0.153. The molecule has 1 aromatic rings. The van der Waals surface area contributed by atoms with Gasteiger partial charge in [-0.15, -0.1) is 0 Å². The molecule has 1 N–H and O–H groups in total. The molecule has 1 atom stereocenters. The SMILES string of the molecule is COC(=O)C(=O)NC1CCCN(Cc2ccccc2)C1. The normalized spacial score (nSPS) is 19.4. The topological polar surface area (TPSA) is 58.6 Å². The predicted octanol–water partition coefficient (Wildman–Crippen LogP) is 0.940. The van der Waals surface area contributed by atoms with Crippen LogP contribution in [0, 0.1) is 0 Å². The number of rotatable bonds is 3. The van der Waals surface area contributed by atoms with Crippen LogP contribution in [-0.4, -0.2) is 43.0 Å². The highest BCUT2D eigenvalue weighted by atomic mass is 16.5. The van der Waals surface area contributed by atoms with Gasteiger partial charge in [-0.05, 0) is 24.9 Å². The minimum Gasteiger partial charge on any atom is -0.462 e. The molecule has 108 valence electrons. The fourth-order valence-corrected chi connectivity index (χ4v) is 2.50. The van der Waals surface area contributed by atoms with Crippen molar-refractivity contribution in [2.45, 2.75) is 25.4 Å². The molecule has 0 saturated carbocycles. The molecule has 1 aliphatic heterocycles. The Labute approximate surface area is 118 Å². The van der Waals surface area contributed by atoms with Crippen molar-refractivity contribution in [2.24, 2.45) is 0 Å². The van der Waals surface area contributed by atoms with Crippen LogP contribution in [0.4, 0.5) is 0 Å². The van der Waals surface area contributed by atoms with Crippen LogP contribution in [0.5, 0.6) is 0 Å². The molecule has 20 heavy (non-hydrogen) atoms. The maximum atomic E-state index is 11.5. The predicted molar refractivity (Wildman–Crippen MR) is 74.9 cm³/mol. The van der Waals surface area contributed by atoms with E-state index < -0.39 is 11.9 Å². The molecule has 2 rings (SSSR count). The summed E-state index contributed by atoms with van der Waals surface area (Å²) in [7, 11) is 1.21. The zero-order valence-electron chi connectivity index (χ0n) is 11.7. The van der Waals surface area contributed by atoms with Gasteiger partial charge in [0.2, 0.25) is 0 Å². The summed E-state index contributed by atoms with van der Waals surface area (Å²) in [4.78, 5) is 24.9. The highest BCUT2D eigenvalue weighted by Gasteiger charge is 2.24. The summed E-state index contributed by atoms with van der Waals surface area (Å²) < 4.78 is 4.41. The Bertz CT molecular complexity index is 461. The number of methoxy groups -OCH3 is 1. The molecule has 0 aliphatic carbocycles. The number of hydrogen-bond acceptors (Lipinski definition) is 4. The average Bonchev–Trinajstić information content (AvgIpc) is 2.47. The van der Waals surface area contributed by atoms with Gasteiger partial charge in [-0.1, -0.05) is 30.3 Å². The lowest BCUT2D eigenvalue weighted by atomic mass is 10.0. The third-order valence-electron chi connectivity index (χ3n) is 3.46. The maximum Gasteiger partial charge on any atom is 0.396 e. The van der Waals surface area contributed by atoms with Crippen LogP contribution in [-0.2, 0) is 20.9 Å². The minimum atomic E-state index is -0.829. The summed E-state index contributed by atoms with van der Waals surface area (Å²) in [5, 5.41) is 2.73. The lowest BCUT2D eigenvalue weighted by Crippen LogP contribution is -2.49. The zero-order chi connectivity index (χ0) is 14.4. The van der Waals surface area contributed by atoms with E-state index in [1.165, 1.54) is 12.7 Å². The highest BCUT2D eigenvalue weighted by Crippen LogP contribution is 2.13. The molecule has 1 aromatic carbocycles. The molecule has 5 nitrogen and oxygen atoms in total. The van der Waals surface area contributed by atoms with Crippen molar-refractivity contribution in [3.63, 3.8) is 0 Å². The van der Waals surface area contributed by atoms with Gasteiger partial charge in [0.05, 0.1) is 7.11 Å². The number of nitrogens with zero attached hydrogens (tertiary/aromatic N) is 1. The van der Waals surface area contributed by atoms with Gasteiger partial charge >= 0.3 is 11.9 Å². The first-order chi connectivity index (χ1) is 9.69. The Hall–Kier alpha value is -1.88. The van der Waals surface area contributed by atoms with Crippen molar-refractivity contribution in [2.75, 3.05) is 20.2 Å². The maximum absolute atomic E-state index is 11.5. The van der Waals surface area contributed by atoms with Crippen molar-refractivity contribution in [1.82, 2.24) is 10.2 Å². The summed E-state index contributed by atoms with van der Waals surface area (Å²) in [6.45, 7) is 2.64. The average molecular weight is 276 g/mol. The van der Waals surface area contributed by atoms with Crippen molar-refractivity contribution in [3.8, 4) is 0 Å². The lowest BCUT2D eigenvalue weighted by Gasteiger charge is -2.32. The second kappa shape index (κ2) is 7.05. The van der Waals surface area contributed by atoms with E-state index in [1.54, 1.807) is 0 Å². The molecule has 1 saturated heterocycles. The summed E-state index contributed by atoms with van der Waals surface area (Å²) >= 11 is 0. The second-order valence-corrected chi connectivity index (χ2v) is 5.02. The van der Waals surface area contributed by atoms with E-state index in [2.05, 4.69) is 27.1 Å². The molecule has 1 unspecified atom stereocenters. The fraction of sp³-hybridized carbons (Fsp3) is 0.467. The van der Waals surface area contributed by atoms with Gasteiger partial charge in [0, 0.05) is 19.1 Å². The number of piperidine rings is 1. The number of nitrogens with one attached hydrogen (secondary N) is 1. The Morgan fingerprint density at radius 2 is 2.10 bits per heavy atom. The standard InChI is InChI=1S/C15H20N2O3/c1-20-15(19)14(18)16-13-8-5-9-17(11-13)10-12-6-3-2-4-7-12/h2-4,6-7,13H,5,8-11H2,1H3,(H,16,18). The first-order valence-electron chi connectivity index (χ1n) is 6.84. The van der Waals surface area contributed by atoms with Gasteiger partial charge in [-0.25, -0.2) is 4.79 Å². The van der Waals surface area contributed by atoms with Crippen molar-refractivity contribution < 1.29 is 14.3 Å². The third-order valence-corrected chi connectivity index (χ3v) is 3.46. The molecule has 5 heteroatoms. The molecule has 0 bridgehead atoms. The molecule has 1 amide bonds. The van der Waals surface area contributed by atoms with E-state index in [4.69, 9.17) is 0 Å². The number of carbonyl (C=O) groups excluding carboxylic acids is 2. The first-order valence-corrected chi connectivity index (χ1v) is 6.84. The van der Waals surface area contributed by atoms with Gasteiger partial charge in [-0.2, -0.15) is 0 Å². The monoisotopic (exact) mass is 276 g/mol. The number of likely N-dealkylation sites (tertiary alicyclic amines) is 1. The van der Waals surface area contributed by atoms with Crippen molar-refractivity contribution in [1.29, 1.82) is 0 Å². The first kappa shape index (κ1) is 14.5. The number of ether oxygens (including phenoxy) is 1. The van der Waals surface area contributed by atoms with E-state index in [-0.39, 0.29) is 6.04 Å². The van der Waals surface area contributed by atoms with E-state index in [0.29, 0.717) is 0 Å². The summed E-state index contributed by atoms with van der Waals surface area (Å²) in [5.41, 5.74) is 1.26. The Morgan fingerprint density at radius 1 is 1.35 bits per heavy atom. The molecule has 0 radical (unpaired) electrons. The van der Waals surface area contributed by atoms with Gasteiger partial charge in [0.1, 0.15) is 0 Å². The van der Waals surface area contributed by atoms with E-state index >= 15 is 0 Å². The summed E-state index contributed by atoms with van der Waals surface area (Å²) in [6, 6.07) is 10.2. The molecule has 1 fully saturated rings. The number of esters is 1. The van der Waals surface area contributed by atoms with Crippen LogP contribution >= 0.6 is 0 Å². The Morgan fingerprint density at radius 3 is 2.80 bits per heavy atom. The number of hydrogen-bond donors (Lipinski definition) is 1. The van der Waals surface area contributed by atoms with Crippen LogP contribution < -0.4 is 5.32 Å². The number of amides is 1. The molecular formula is C15H20N2O3. The van der Waals surface area contributed by atoms with Gasteiger partial charge < -0.3 is 10.1 Å². The van der Waals surface area contributed by atoms with E-state index in [9.17, 15) is 9.59 Å². The van der Waals surface area contributed by atoms with Crippen molar-refractivity contribution >= 4 is 11.9 Å². The molecule has 1 heterocycles. The smallest absolute Gasteiger partial charge is 0.396 e. The Kier molecular flexibility index (Phi) is 5.12. The number of carbonyl (C=O) groups is 2. The van der Waals surface area contributed by atoms with Crippen LogP contribution in [0.1, 0.15) is 18.4 Å². The van der Waals surface area contributed by atoms with E-state index in [1.807, 2.05) is 18.2 Å². The molecule has 0 spiro atoms. The molecule has 1 aliphatic rings. The number of benzene rings is 1. The van der Waals surface area contributed by atoms with Gasteiger partial charge in [0.25, 0.3) is 0 Å². The quantitative estimate of drug-likeness (QED) is 0.659. The second-order valence-electron chi connectivity index (χ2n) is 5.02. The molecular weight excluding hydrogens is 256 g/mol. The minimum absolute atomic E-state index is 0.0130. The van der Waals surface area contributed by atoms with Crippen LogP contribution in [0.3, 0.4) is 0 Å². The highest BCUT2D eigenvalue weighted by molar-refractivity contribution is 6.32. The van der Waals surface area contributed by atoms with Crippen LogP contribution in [0.15, 0.2) is 30.3 Å². The van der Waals surface area contributed by atoms with Crippen LogP contribution in [0.25, 0.3) is 0 Å². The zero-order valence-corrected chi connectivity index (χ0v) is 11.7. The molecule has 0 aromatic heterocycles. The van der Waals surface area contributed by atoms with Crippen molar-refractivity contribution in [3.05, 3.63) is 35.9 Å². The van der Waals surface area contributed by atoms with Gasteiger partial charge in [-0.3, -0.25) is 9.69 Å². The summed E-state index contributed by atoms with van der Waals surface area (Å²) in [6.07, 6.45) is 1.91. The van der Waals surface area contributed by atoms with E-state index in [0.717, 1.165) is 32.5 Å². The third kappa shape index (κ3) is 4.06. The fourth-order valence-electron chi connectivity index (χ4n) is 2.50. The Balaban J connectivity index is 1.85.